The van der Waals surface area contributed by atoms with E-state index in [9.17, 15) is 18.0 Å². The van der Waals surface area contributed by atoms with Gasteiger partial charge in [0.25, 0.3) is 0 Å². The third-order valence-electron chi connectivity index (χ3n) is 4.40. The van der Waals surface area contributed by atoms with Crippen LogP contribution in [0.15, 0.2) is 0 Å². The number of hydrogen-bond donors (Lipinski definition) is 1. The van der Waals surface area contributed by atoms with Crippen LogP contribution >= 0.6 is 0 Å². The van der Waals surface area contributed by atoms with Gasteiger partial charge in [-0.3, -0.25) is 0 Å². The average Bonchev–Trinajstić information content (AvgIpc) is 2.57. The van der Waals surface area contributed by atoms with E-state index >= 15 is 0 Å². The second kappa shape index (κ2) is 6.49. The van der Waals surface area contributed by atoms with Gasteiger partial charge >= 0.3 is 12.3 Å². The Bertz CT molecular complexity index is 420. The maximum absolute atomic E-state index is 12.4. The molecule has 2 heterocycles. The van der Waals surface area contributed by atoms with Gasteiger partial charge in [-0.2, -0.15) is 13.2 Å². The number of carbonyl (C=O) groups excluding carboxylic acids is 1. The topological polar surface area (TPSA) is 41.6 Å². The van der Waals surface area contributed by atoms with Crippen LogP contribution in [0.25, 0.3) is 0 Å². The van der Waals surface area contributed by atoms with Crippen LogP contribution in [-0.4, -0.2) is 46.9 Å². The van der Waals surface area contributed by atoms with Crippen molar-refractivity contribution in [2.24, 2.45) is 0 Å². The van der Waals surface area contributed by atoms with Crippen molar-refractivity contribution in [1.29, 1.82) is 0 Å². The van der Waals surface area contributed by atoms with Gasteiger partial charge < -0.3 is 15.0 Å². The van der Waals surface area contributed by atoms with Gasteiger partial charge in [0.15, 0.2) is 0 Å². The zero-order valence-electron chi connectivity index (χ0n) is 14.2. The Hall–Kier alpha value is -0.980. The molecule has 0 spiro atoms. The minimum atomic E-state index is -4.15. The van der Waals surface area contributed by atoms with Crippen LogP contribution in [0.3, 0.4) is 0 Å². The fourth-order valence-electron chi connectivity index (χ4n) is 3.73. The third kappa shape index (κ3) is 5.26. The summed E-state index contributed by atoms with van der Waals surface area (Å²) in [6.45, 7) is 7.06. The van der Waals surface area contributed by atoms with Crippen LogP contribution in [0.2, 0.25) is 0 Å². The summed E-state index contributed by atoms with van der Waals surface area (Å²) in [5.74, 6) is 0. The number of carbonyl (C=O) groups is 1. The van der Waals surface area contributed by atoms with Crippen molar-refractivity contribution in [3.63, 3.8) is 0 Å². The first kappa shape index (κ1) is 18.4. The Labute approximate surface area is 135 Å². The summed E-state index contributed by atoms with van der Waals surface area (Å²) in [6.07, 6.45) is -2.09. The number of nitrogens with zero attached hydrogens (tertiary/aromatic N) is 1. The van der Waals surface area contributed by atoms with E-state index in [1.165, 1.54) is 0 Å². The van der Waals surface area contributed by atoms with Crippen molar-refractivity contribution in [3.05, 3.63) is 0 Å². The highest BCUT2D eigenvalue weighted by molar-refractivity contribution is 5.69. The molecule has 134 valence electrons. The second-order valence-corrected chi connectivity index (χ2v) is 7.83. The third-order valence-corrected chi connectivity index (χ3v) is 4.40. The van der Waals surface area contributed by atoms with Gasteiger partial charge in [0.1, 0.15) is 5.60 Å². The summed E-state index contributed by atoms with van der Waals surface area (Å²) in [5.41, 5.74) is -0.535. The lowest BCUT2D eigenvalue weighted by molar-refractivity contribution is -0.139. The molecule has 2 aliphatic heterocycles. The van der Waals surface area contributed by atoms with Crippen LogP contribution in [0.1, 0.15) is 59.8 Å². The molecule has 0 radical (unpaired) electrons. The Kier molecular flexibility index (Phi) is 5.18. The predicted molar refractivity (Wildman–Crippen MR) is 81.2 cm³/mol. The smallest absolute Gasteiger partial charge is 0.410 e. The standard InChI is InChI=1S/C16H27F3N2O2/c1-10(9-16(17,18)19)20-11-7-12-5-6-13(8-11)21(12)14(22)23-15(2,3)4/h10-13,20H,5-9H2,1-4H3/t10-,11?,12-,13+/m1/s1. The van der Waals surface area contributed by atoms with Crippen molar-refractivity contribution < 1.29 is 22.7 Å². The molecular weight excluding hydrogens is 309 g/mol. The van der Waals surface area contributed by atoms with Gasteiger partial charge in [0, 0.05) is 24.2 Å². The van der Waals surface area contributed by atoms with Crippen LogP contribution in [0, 0.1) is 0 Å². The van der Waals surface area contributed by atoms with Crippen molar-refractivity contribution >= 4 is 6.09 Å². The fraction of sp³-hybridized carbons (Fsp3) is 0.938. The Morgan fingerprint density at radius 1 is 1.22 bits per heavy atom. The molecule has 2 aliphatic rings. The SMILES string of the molecule is C[C@H](CC(F)(F)F)NC1C[C@H]2CC[C@@H](C1)N2C(=O)OC(C)(C)C. The van der Waals surface area contributed by atoms with Crippen molar-refractivity contribution in [1.82, 2.24) is 10.2 Å². The molecule has 0 aromatic rings. The molecule has 1 unspecified atom stereocenters. The molecule has 23 heavy (non-hydrogen) atoms. The van der Waals surface area contributed by atoms with Gasteiger partial charge in [-0.05, 0) is 53.4 Å². The van der Waals surface area contributed by atoms with Crippen LogP contribution < -0.4 is 5.32 Å². The van der Waals surface area contributed by atoms with E-state index in [4.69, 9.17) is 4.74 Å². The maximum Gasteiger partial charge on any atom is 0.410 e. The van der Waals surface area contributed by atoms with Crippen molar-refractivity contribution in [2.75, 3.05) is 0 Å². The summed E-state index contributed by atoms with van der Waals surface area (Å²) < 4.78 is 42.8. The van der Waals surface area contributed by atoms with Gasteiger partial charge in [-0.15, -0.1) is 0 Å². The second-order valence-electron chi connectivity index (χ2n) is 7.83. The highest BCUT2D eigenvalue weighted by atomic mass is 19.4. The zero-order valence-corrected chi connectivity index (χ0v) is 14.2. The largest absolute Gasteiger partial charge is 0.444 e. The Morgan fingerprint density at radius 2 is 1.74 bits per heavy atom. The molecule has 0 aromatic heterocycles. The molecule has 1 N–H and O–H groups in total. The molecule has 7 heteroatoms. The molecule has 2 fully saturated rings. The molecule has 0 aliphatic carbocycles. The van der Waals surface area contributed by atoms with Crippen LogP contribution in [0.4, 0.5) is 18.0 Å². The van der Waals surface area contributed by atoms with E-state index in [0.29, 0.717) is 12.8 Å². The highest BCUT2D eigenvalue weighted by Gasteiger charge is 2.45. The fourth-order valence-corrected chi connectivity index (χ4v) is 3.73. The Morgan fingerprint density at radius 3 is 2.17 bits per heavy atom. The monoisotopic (exact) mass is 336 g/mol. The number of halogens is 3. The normalized spacial score (nSPS) is 29.5. The summed E-state index contributed by atoms with van der Waals surface area (Å²) >= 11 is 0. The minimum absolute atomic E-state index is 0.0311. The van der Waals surface area contributed by atoms with Gasteiger partial charge in [-0.1, -0.05) is 0 Å². The number of piperidine rings is 1. The van der Waals surface area contributed by atoms with E-state index in [1.807, 2.05) is 20.8 Å². The number of amides is 1. The van der Waals surface area contributed by atoms with Crippen LogP contribution in [-0.2, 0) is 4.74 Å². The van der Waals surface area contributed by atoms with E-state index in [2.05, 4.69) is 5.32 Å². The van der Waals surface area contributed by atoms with E-state index in [1.54, 1.807) is 11.8 Å². The average molecular weight is 336 g/mol. The molecule has 4 nitrogen and oxygen atoms in total. The number of nitrogens with one attached hydrogen (secondary N) is 1. The first-order chi connectivity index (χ1) is 10.4. The van der Waals surface area contributed by atoms with Crippen molar-refractivity contribution in [2.45, 2.75) is 95.7 Å². The lowest BCUT2D eigenvalue weighted by Gasteiger charge is -2.40. The van der Waals surface area contributed by atoms with Gasteiger partial charge in [0.05, 0.1) is 6.42 Å². The molecule has 4 atom stereocenters. The summed E-state index contributed by atoms with van der Waals surface area (Å²) in [4.78, 5) is 14.1. The lowest BCUT2D eigenvalue weighted by Crippen LogP contribution is -2.54. The predicted octanol–water partition coefficient (Wildman–Crippen LogP) is 3.85. The number of rotatable bonds is 3. The lowest BCUT2D eigenvalue weighted by atomic mass is 9.96. The van der Waals surface area contributed by atoms with E-state index in [0.717, 1.165) is 12.8 Å². The first-order valence-electron chi connectivity index (χ1n) is 8.29. The van der Waals surface area contributed by atoms with Crippen LogP contribution in [0.5, 0.6) is 0 Å². The van der Waals surface area contributed by atoms with Gasteiger partial charge in [0.2, 0.25) is 0 Å². The molecule has 1 amide bonds. The number of hydrogen-bond acceptors (Lipinski definition) is 3. The van der Waals surface area contributed by atoms with Gasteiger partial charge in [-0.25, -0.2) is 4.79 Å². The quantitative estimate of drug-likeness (QED) is 0.851. The molecule has 2 bridgehead atoms. The number of fused-ring (bicyclic) bond motifs is 2. The molecule has 0 saturated carbocycles. The number of alkyl halides is 3. The number of ether oxygens (including phenoxy) is 1. The maximum atomic E-state index is 12.4. The zero-order chi connectivity index (χ0) is 17.4. The summed E-state index contributed by atoms with van der Waals surface area (Å²) in [7, 11) is 0. The summed E-state index contributed by atoms with van der Waals surface area (Å²) in [5, 5.41) is 3.09. The molecule has 0 aromatic carbocycles. The first-order valence-corrected chi connectivity index (χ1v) is 8.29. The highest BCUT2D eigenvalue weighted by Crippen LogP contribution is 2.37. The molecule has 2 saturated heterocycles. The Balaban J connectivity index is 1.90. The summed E-state index contributed by atoms with van der Waals surface area (Å²) in [6, 6.07) is -0.436. The van der Waals surface area contributed by atoms with E-state index in [-0.39, 0.29) is 24.2 Å². The minimum Gasteiger partial charge on any atom is -0.444 e. The van der Waals surface area contributed by atoms with E-state index < -0.39 is 24.2 Å². The van der Waals surface area contributed by atoms with Crippen molar-refractivity contribution in [3.8, 4) is 0 Å². The molecule has 2 rings (SSSR count). The molecular formula is C16H27F3N2O2.